The predicted octanol–water partition coefficient (Wildman–Crippen LogP) is 3.74. The van der Waals surface area contributed by atoms with E-state index in [9.17, 15) is 4.39 Å². The molecular weight excluding hydrogens is 241 g/mol. The summed E-state index contributed by atoms with van der Waals surface area (Å²) in [6, 6.07) is 6.22. The molecule has 1 atom stereocenters. The lowest BCUT2D eigenvalue weighted by molar-refractivity contribution is 0.0614. The third kappa shape index (κ3) is 3.77. The van der Waals surface area contributed by atoms with Gasteiger partial charge in [-0.15, -0.1) is 0 Å². The van der Waals surface area contributed by atoms with Crippen LogP contribution in [-0.4, -0.2) is 19.3 Å². The monoisotopic (exact) mass is 265 g/mol. The number of methoxy groups -OCH3 is 1. The fraction of sp³-hybridized carbons (Fsp3) is 0.625. The van der Waals surface area contributed by atoms with Crippen molar-refractivity contribution in [3.8, 4) is 0 Å². The van der Waals surface area contributed by atoms with Gasteiger partial charge in [0.2, 0.25) is 0 Å². The highest BCUT2D eigenvalue weighted by molar-refractivity contribution is 5.25. The number of rotatable bonds is 4. The van der Waals surface area contributed by atoms with Crippen molar-refractivity contribution in [1.82, 2.24) is 5.32 Å². The van der Waals surface area contributed by atoms with Gasteiger partial charge in [0.1, 0.15) is 5.82 Å². The predicted molar refractivity (Wildman–Crippen MR) is 75.7 cm³/mol. The molecular formula is C16H24FNO. The number of halogens is 1. The largest absolute Gasteiger partial charge is 0.381 e. The first-order valence-electron chi connectivity index (χ1n) is 7.15. The molecule has 1 unspecified atom stereocenters. The normalized spacial score (nSPS) is 25.3. The van der Waals surface area contributed by atoms with Gasteiger partial charge in [-0.2, -0.15) is 0 Å². The minimum Gasteiger partial charge on any atom is -0.381 e. The standard InChI is InChI=1S/C16H24FNO/c1-11-4-5-13(10-16(11)17)12(2)18-14-6-8-15(19-3)9-7-14/h4-5,10,12,14-15,18H,6-9H2,1-3H3. The van der Waals surface area contributed by atoms with Crippen molar-refractivity contribution in [2.45, 2.75) is 57.7 Å². The second-order valence-electron chi connectivity index (χ2n) is 5.61. The van der Waals surface area contributed by atoms with Crippen molar-refractivity contribution in [1.29, 1.82) is 0 Å². The van der Waals surface area contributed by atoms with Crippen molar-refractivity contribution >= 4 is 0 Å². The zero-order valence-electron chi connectivity index (χ0n) is 12.1. The maximum Gasteiger partial charge on any atom is 0.126 e. The molecule has 0 spiro atoms. The van der Waals surface area contributed by atoms with Gasteiger partial charge in [-0.1, -0.05) is 12.1 Å². The second kappa shape index (κ2) is 6.49. The first-order valence-corrected chi connectivity index (χ1v) is 7.15. The number of hydrogen-bond donors (Lipinski definition) is 1. The molecule has 1 fully saturated rings. The molecule has 2 rings (SSSR count). The molecule has 0 heterocycles. The van der Waals surface area contributed by atoms with Gasteiger partial charge in [0.05, 0.1) is 6.10 Å². The van der Waals surface area contributed by atoms with Gasteiger partial charge in [-0.3, -0.25) is 0 Å². The highest BCUT2D eigenvalue weighted by atomic mass is 19.1. The van der Waals surface area contributed by atoms with Crippen LogP contribution in [0.2, 0.25) is 0 Å². The van der Waals surface area contributed by atoms with Crippen LogP contribution in [0.1, 0.15) is 49.8 Å². The highest BCUT2D eigenvalue weighted by Gasteiger charge is 2.22. The van der Waals surface area contributed by atoms with Crippen molar-refractivity contribution in [2.24, 2.45) is 0 Å². The first kappa shape index (κ1) is 14.5. The lowest BCUT2D eigenvalue weighted by Crippen LogP contribution is -2.36. The second-order valence-corrected chi connectivity index (χ2v) is 5.61. The lowest BCUT2D eigenvalue weighted by Gasteiger charge is -2.30. The van der Waals surface area contributed by atoms with E-state index in [1.807, 2.05) is 12.1 Å². The average molecular weight is 265 g/mol. The molecule has 0 saturated heterocycles. The SMILES string of the molecule is COC1CCC(NC(C)c2ccc(C)c(F)c2)CC1. The minimum absolute atomic E-state index is 0.116. The topological polar surface area (TPSA) is 21.3 Å². The van der Waals surface area contributed by atoms with Crippen LogP contribution in [0.3, 0.4) is 0 Å². The summed E-state index contributed by atoms with van der Waals surface area (Å²) in [6.07, 6.45) is 4.92. The van der Waals surface area contributed by atoms with Crippen LogP contribution in [0, 0.1) is 12.7 Å². The summed E-state index contributed by atoms with van der Waals surface area (Å²) >= 11 is 0. The number of hydrogen-bond acceptors (Lipinski definition) is 2. The van der Waals surface area contributed by atoms with Crippen LogP contribution < -0.4 is 5.32 Å². The Balaban J connectivity index is 1.90. The van der Waals surface area contributed by atoms with Gasteiger partial charge in [0, 0.05) is 19.2 Å². The average Bonchev–Trinajstić information content (AvgIpc) is 2.42. The smallest absolute Gasteiger partial charge is 0.126 e. The molecule has 0 amide bonds. The molecule has 1 aliphatic rings. The quantitative estimate of drug-likeness (QED) is 0.895. The molecule has 106 valence electrons. The van der Waals surface area contributed by atoms with Crippen LogP contribution in [0.4, 0.5) is 4.39 Å². The van der Waals surface area contributed by atoms with Gasteiger partial charge >= 0.3 is 0 Å². The summed E-state index contributed by atoms with van der Waals surface area (Å²) in [5.41, 5.74) is 1.73. The summed E-state index contributed by atoms with van der Waals surface area (Å²) < 4.78 is 19.0. The summed E-state index contributed by atoms with van der Waals surface area (Å²) in [5.74, 6) is -0.116. The van der Waals surface area contributed by atoms with E-state index in [0.29, 0.717) is 17.7 Å². The van der Waals surface area contributed by atoms with E-state index in [-0.39, 0.29) is 11.9 Å². The fourth-order valence-corrected chi connectivity index (χ4v) is 2.79. The molecule has 0 radical (unpaired) electrons. The van der Waals surface area contributed by atoms with Gasteiger partial charge in [0.15, 0.2) is 0 Å². The Morgan fingerprint density at radius 1 is 1.26 bits per heavy atom. The van der Waals surface area contributed by atoms with Gasteiger partial charge < -0.3 is 10.1 Å². The van der Waals surface area contributed by atoms with E-state index in [1.54, 1.807) is 20.1 Å². The zero-order chi connectivity index (χ0) is 13.8. The highest BCUT2D eigenvalue weighted by Crippen LogP contribution is 2.24. The van der Waals surface area contributed by atoms with E-state index in [2.05, 4.69) is 12.2 Å². The molecule has 0 aliphatic heterocycles. The van der Waals surface area contributed by atoms with Gasteiger partial charge in [-0.25, -0.2) is 4.39 Å². The van der Waals surface area contributed by atoms with Crippen LogP contribution >= 0.6 is 0 Å². The van der Waals surface area contributed by atoms with E-state index in [1.165, 1.54) is 0 Å². The Hall–Kier alpha value is -0.930. The van der Waals surface area contributed by atoms with Crippen LogP contribution in [0.15, 0.2) is 18.2 Å². The number of ether oxygens (including phenoxy) is 1. The number of nitrogens with one attached hydrogen (secondary N) is 1. The van der Waals surface area contributed by atoms with Crippen molar-refractivity contribution < 1.29 is 9.13 Å². The Morgan fingerprint density at radius 3 is 2.53 bits per heavy atom. The summed E-state index contributed by atoms with van der Waals surface area (Å²) in [7, 11) is 1.79. The molecule has 3 heteroatoms. The molecule has 0 aromatic heterocycles. The number of aryl methyl sites for hydroxylation is 1. The fourth-order valence-electron chi connectivity index (χ4n) is 2.79. The van der Waals surface area contributed by atoms with Gasteiger partial charge in [-0.05, 0) is 56.7 Å². The van der Waals surface area contributed by atoms with Crippen molar-refractivity contribution in [2.75, 3.05) is 7.11 Å². The molecule has 1 aromatic carbocycles. The van der Waals surface area contributed by atoms with E-state index < -0.39 is 0 Å². The van der Waals surface area contributed by atoms with Gasteiger partial charge in [0.25, 0.3) is 0 Å². The van der Waals surface area contributed by atoms with Crippen LogP contribution in [0.5, 0.6) is 0 Å². The maximum atomic E-state index is 13.6. The Labute approximate surface area is 115 Å². The van der Waals surface area contributed by atoms with E-state index >= 15 is 0 Å². The third-order valence-electron chi connectivity index (χ3n) is 4.19. The zero-order valence-corrected chi connectivity index (χ0v) is 12.1. The van der Waals surface area contributed by atoms with Crippen LogP contribution in [0.25, 0.3) is 0 Å². The Morgan fingerprint density at radius 2 is 1.95 bits per heavy atom. The summed E-state index contributed by atoms with van der Waals surface area (Å²) in [5, 5.41) is 3.60. The molecule has 1 N–H and O–H groups in total. The lowest BCUT2D eigenvalue weighted by atomic mass is 9.92. The van der Waals surface area contributed by atoms with Crippen molar-refractivity contribution in [3.05, 3.63) is 35.1 Å². The van der Waals surface area contributed by atoms with Crippen molar-refractivity contribution in [3.63, 3.8) is 0 Å². The summed E-state index contributed by atoms with van der Waals surface area (Å²) in [6.45, 7) is 3.90. The van der Waals surface area contributed by atoms with E-state index in [0.717, 1.165) is 31.2 Å². The molecule has 2 nitrogen and oxygen atoms in total. The molecule has 19 heavy (non-hydrogen) atoms. The van der Waals surface area contributed by atoms with Crippen LogP contribution in [-0.2, 0) is 4.74 Å². The third-order valence-corrected chi connectivity index (χ3v) is 4.19. The maximum absolute atomic E-state index is 13.6. The summed E-state index contributed by atoms with van der Waals surface area (Å²) in [4.78, 5) is 0. The molecule has 1 saturated carbocycles. The molecule has 1 aromatic rings. The minimum atomic E-state index is -0.116. The number of benzene rings is 1. The van der Waals surface area contributed by atoms with E-state index in [4.69, 9.17) is 4.74 Å². The molecule has 1 aliphatic carbocycles. The first-order chi connectivity index (χ1) is 9.10. The molecule has 0 bridgehead atoms. The Bertz CT molecular complexity index is 413. The Kier molecular flexibility index (Phi) is 4.94.